The average molecular weight is 471 g/mol. The fourth-order valence-electron chi connectivity index (χ4n) is 3.17. The first kappa shape index (κ1) is 22.8. The summed E-state index contributed by atoms with van der Waals surface area (Å²) in [6.07, 6.45) is 1.09. The van der Waals surface area contributed by atoms with Crippen LogP contribution in [-0.4, -0.2) is 65.9 Å². The summed E-state index contributed by atoms with van der Waals surface area (Å²) in [5, 5.41) is 1.13. The Kier molecular flexibility index (Phi) is 7.22. The van der Waals surface area contributed by atoms with Gasteiger partial charge in [-0.2, -0.15) is 4.31 Å². The van der Waals surface area contributed by atoms with Crippen molar-refractivity contribution in [1.82, 2.24) is 19.2 Å². The number of aromatic amines is 1. The van der Waals surface area contributed by atoms with Gasteiger partial charge in [-0.3, -0.25) is 9.59 Å². The standard InChI is InChI=1S/C19H23ClN4O4S2/c1-13-16(11-17(25)23-6-8-24(9-7-23)30(2,27)28)18(26)22-19(21-13)29-12-14-4-3-5-15(20)10-14/h3-5,10H,6-9,11-12H2,1-2H3,(H,21,22,26). The summed E-state index contributed by atoms with van der Waals surface area (Å²) in [5.74, 6) is 0.393. The van der Waals surface area contributed by atoms with Gasteiger partial charge < -0.3 is 9.88 Å². The number of carbonyl (C=O) groups is 1. The van der Waals surface area contributed by atoms with Crippen molar-refractivity contribution in [2.75, 3.05) is 32.4 Å². The molecule has 162 valence electrons. The maximum Gasteiger partial charge on any atom is 0.255 e. The molecule has 0 unspecified atom stereocenters. The van der Waals surface area contributed by atoms with Crippen LogP contribution in [0.15, 0.2) is 34.2 Å². The normalized spacial score (nSPS) is 15.4. The maximum atomic E-state index is 12.6. The summed E-state index contributed by atoms with van der Waals surface area (Å²) >= 11 is 7.38. The minimum atomic E-state index is -3.26. The molecule has 1 saturated heterocycles. The van der Waals surface area contributed by atoms with Crippen LogP contribution in [0, 0.1) is 6.92 Å². The van der Waals surface area contributed by atoms with E-state index in [1.807, 2.05) is 18.2 Å². The third-order valence-electron chi connectivity index (χ3n) is 4.85. The number of aromatic nitrogens is 2. The number of H-pyrrole nitrogens is 1. The molecule has 2 aromatic rings. The minimum Gasteiger partial charge on any atom is -0.340 e. The highest BCUT2D eigenvalue weighted by atomic mass is 35.5. The molecule has 0 aliphatic carbocycles. The van der Waals surface area contributed by atoms with Crippen LogP contribution in [0.25, 0.3) is 0 Å². The lowest BCUT2D eigenvalue weighted by atomic mass is 10.1. The summed E-state index contributed by atoms with van der Waals surface area (Å²) in [5.41, 5.74) is 1.52. The number of aryl methyl sites for hydroxylation is 1. The molecule has 1 aromatic heterocycles. The Bertz CT molecular complexity index is 1100. The molecule has 1 aliphatic heterocycles. The number of nitrogens with zero attached hydrogens (tertiary/aromatic N) is 3. The Morgan fingerprint density at radius 3 is 2.57 bits per heavy atom. The number of nitrogens with one attached hydrogen (secondary N) is 1. The zero-order chi connectivity index (χ0) is 21.9. The van der Waals surface area contributed by atoms with Gasteiger partial charge in [0.25, 0.3) is 5.56 Å². The van der Waals surface area contributed by atoms with Gasteiger partial charge in [0, 0.05) is 48.2 Å². The summed E-state index contributed by atoms with van der Waals surface area (Å²) in [6, 6.07) is 7.47. The molecule has 1 N–H and O–H groups in total. The predicted octanol–water partition coefficient (Wildman–Crippen LogP) is 1.67. The SMILES string of the molecule is Cc1nc(SCc2cccc(Cl)c2)[nH]c(=O)c1CC(=O)N1CCN(S(C)(=O)=O)CC1. The molecule has 0 spiro atoms. The maximum absolute atomic E-state index is 12.6. The molecule has 11 heteroatoms. The number of benzene rings is 1. The first-order valence-corrected chi connectivity index (χ1v) is 12.5. The number of hydrogen-bond acceptors (Lipinski definition) is 6. The van der Waals surface area contributed by atoms with Crippen LogP contribution in [0.1, 0.15) is 16.8 Å². The summed E-state index contributed by atoms with van der Waals surface area (Å²) in [4.78, 5) is 33.9. The van der Waals surface area contributed by atoms with E-state index < -0.39 is 10.0 Å². The number of rotatable bonds is 6. The van der Waals surface area contributed by atoms with Crippen molar-refractivity contribution in [1.29, 1.82) is 0 Å². The lowest BCUT2D eigenvalue weighted by Crippen LogP contribution is -2.50. The molecule has 1 aromatic carbocycles. The fraction of sp³-hybridized carbons (Fsp3) is 0.421. The van der Waals surface area contributed by atoms with Crippen LogP contribution < -0.4 is 5.56 Å². The first-order valence-electron chi connectivity index (χ1n) is 9.33. The van der Waals surface area contributed by atoms with Crippen LogP contribution in [-0.2, 0) is 27.0 Å². The second-order valence-corrected chi connectivity index (χ2v) is 10.5. The highest BCUT2D eigenvalue weighted by Crippen LogP contribution is 2.21. The summed E-state index contributed by atoms with van der Waals surface area (Å²) < 4.78 is 24.5. The molecular weight excluding hydrogens is 448 g/mol. The Balaban J connectivity index is 1.63. The number of carbonyl (C=O) groups excluding carboxylic acids is 1. The van der Waals surface area contributed by atoms with Gasteiger partial charge in [0.05, 0.1) is 12.7 Å². The molecule has 0 saturated carbocycles. The minimum absolute atomic E-state index is 0.0632. The van der Waals surface area contributed by atoms with Crippen LogP contribution in [0.4, 0.5) is 0 Å². The van der Waals surface area contributed by atoms with Crippen molar-refractivity contribution in [2.24, 2.45) is 0 Å². The van der Waals surface area contributed by atoms with Gasteiger partial charge in [-0.1, -0.05) is 35.5 Å². The Hall–Kier alpha value is -1.88. The van der Waals surface area contributed by atoms with E-state index in [1.165, 1.54) is 16.1 Å². The first-order chi connectivity index (χ1) is 14.1. The van der Waals surface area contributed by atoms with Gasteiger partial charge in [-0.15, -0.1) is 0 Å². The van der Waals surface area contributed by atoms with Crippen molar-refractivity contribution in [3.05, 3.63) is 56.5 Å². The molecule has 1 amide bonds. The molecule has 1 aliphatic rings. The second kappa shape index (κ2) is 9.51. The average Bonchev–Trinajstić information content (AvgIpc) is 2.68. The van der Waals surface area contributed by atoms with Gasteiger partial charge in [-0.25, -0.2) is 13.4 Å². The molecule has 0 radical (unpaired) electrons. The Labute approximate surface area is 184 Å². The van der Waals surface area contributed by atoms with E-state index >= 15 is 0 Å². The van der Waals surface area contributed by atoms with E-state index in [-0.39, 0.29) is 31.0 Å². The number of thioether (sulfide) groups is 1. The van der Waals surface area contributed by atoms with Crippen LogP contribution in [0.2, 0.25) is 5.02 Å². The number of amides is 1. The number of hydrogen-bond donors (Lipinski definition) is 1. The van der Waals surface area contributed by atoms with Crippen LogP contribution in [0.3, 0.4) is 0 Å². The lowest BCUT2D eigenvalue weighted by molar-refractivity contribution is -0.131. The largest absolute Gasteiger partial charge is 0.340 e. The van der Waals surface area contributed by atoms with Gasteiger partial charge in [0.15, 0.2) is 5.16 Å². The van der Waals surface area contributed by atoms with Crippen molar-refractivity contribution >= 4 is 39.3 Å². The smallest absolute Gasteiger partial charge is 0.255 e. The lowest BCUT2D eigenvalue weighted by Gasteiger charge is -2.33. The van der Waals surface area contributed by atoms with Gasteiger partial charge in [-0.05, 0) is 24.6 Å². The van der Waals surface area contributed by atoms with E-state index in [9.17, 15) is 18.0 Å². The molecule has 0 atom stereocenters. The van der Waals surface area contributed by atoms with Crippen molar-refractivity contribution < 1.29 is 13.2 Å². The number of halogens is 1. The Morgan fingerprint density at radius 1 is 1.27 bits per heavy atom. The summed E-state index contributed by atoms with van der Waals surface area (Å²) in [7, 11) is -3.26. The van der Waals surface area contributed by atoms with Crippen LogP contribution in [0.5, 0.6) is 0 Å². The number of piperazine rings is 1. The fourth-order valence-corrected chi connectivity index (χ4v) is 5.06. The molecule has 3 rings (SSSR count). The molecule has 2 heterocycles. The van der Waals surface area contributed by atoms with E-state index in [0.29, 0.717) is 40.3 Å². The van der Waals surface area contributed by atoms with Crippen molar-refractivity contribution in [3.63, 3.8) is 0 Å². The zero-order valence-electron chi connectivity index (χ0n) is 16.7. The van der Waals surface area contributed by atoms with E-state index in [0.717, 1.165) is 11.8 Å². The third kappa shape index (κ3) is 5.84. The molecule has 0 bridgehead atoms. The zero-order valence-corrected chi connectivity index (χ0v) is 19.1. The molecular formula is C19H23ClN4O4S2. The van der Waals surface area contributed by atoms with Gasteiger partial charge in [0.1, 0.15) is 0 Å². The van der Waals surface area contributed by atoms with E-state index in [1.54, 1.807) is 17.9 Å². The Morgan fingerprint density at radius 2 is 1.97 bits per heavy atom. The molecule has 1 fully saturated rings. The highest BCUT2D eigenvalue weighted by molar-refractivity contribution is 7.98. The summed E-state index contributed by atoms with van der Waals surface area (Å²) in [6.45, 7) is 2.85. The van der Waals surface area contributed by atoms with Crippen molar-refractivity contribution in [2.45, 2.75) is 24.3 Å². The van der Waals surface area contributed by atoms with E-state index in [2.05, 4.69) is 9.97 Å². The van der Waals surface area contributed by atoms with Gasteiger partial charge >= 0.3 is 0 Å². The number of sulfonamides is 1. The quantitative estimate of drug-likeness (QED) is 0.508. The monoisotopic (exact) mass is 470 g/mol. The third-order valence-corrected chi connectivity index (χ3v) is 7.34. The topological polar surface area (TPSA) is 103 Å². The molecule has 30 heavy (non-hydrogen) atoms. The van der Waals surface area contributed by atoms with Gasteiger partial charge in [0.2, 0.25) is 15.9 Å². The second-order valence-electron chi connectivity index (χ2n) is 7.07. The predicted molar refractivity (Wildman–Crippen MR) is 117 cm³/mol. The highest BCUT2D eigenvalue weighted by Gasteiger charge is 2.26. The molecule has 8 nitrogen and oxygen atoms in total. The van der Waals surface area contributed by atoms with Crippen LogP contribution >= 0.6 is 23.4 Å². The van der Waals surface area contributed by atoms with E-state index in [4.69, 9.17) is 11.6 Å². The van der Waals surface area contributed by atoms with Crippen molar-refractivity contribution in [3.8, 4) is 0 Å².